The minimum absolute atomic E-state index is 0.146. The predicted octanol–water partition coefficient (Wildman–Crippen LogP) is -5.82. The maximum atomic E-state index is 12.7. The fourth-order valence-corrected chi connectivity index (χ4v) is 4.85. The molecule has 40 heavy (non-hydrogen) atoms. The first-order valence-electron chi connectivity index (χ1n) is 11.5. The smallest absolute Gasteiger partial charge is 0.477 e. The molecule has 3 unspecified atom stereocenters. The van der Waals surface area contributed by atoms with Gasteiger partial charge in [-0.3, -0.25) is 9.36 Å². The molecule has 3 rings (SSSR count). The second-order valence-electron chi connectivity index (χ2n) is 8.79. The van der Waals surface area contributed by atoms with Gasteiger partial charge in [-0.25, -0.2) is 9.59 Å². The number of aromatic nitrogens is 2. The minimum atomic E-state index is -3.64. The van der Waals surface area contributed by atoms with Crippen LogP contribution in [0.3, 0.4) is 0 Å². The van der Waals surface area contributed by atoms with Crippen molar-refractivity contribution in [3.63, 3.8) is 0 Å². The van der Waals surface area contributed by atoms with Crippen LogP contribution in [0.4, 0.5) is 5.82 Å². The Morgan fingerprint density at radius 2 is 1.98 bits per heavy atom. The van der Waals surface area contributed by atoms with Gasteiger partial charge in [-0.15, -0.1) is 0 Å². The van der Waals surface area contributed by atoms with Crippen molar-refractivity contribution in [2.75, 3.05) is 18.9 Å². The number of nitrogens with zero attached hydrogens (tertiary/aromatic N) is 2. The van der Waals surface area contributed by atoms with Crippen LogP contribution in [0, 0.1) is 0 Å². The molecule has 0 spiro atoms. The highest BCUT2D eigenvalue weighted by molar-refractivity contribution is 7.33. The Balaban J connectivity index is 1.81. The molecule has 11 atom stereocenters. The van der Waals surface area contributed by atoms with Gasteiger partial charge in [0.2, 0.25) is 12.2 Å². The minimum Gasteiger partial charge on any atom is -0.477 e. The van der Waals surface area contributed by atoms with Crippen molar-refractivity contribution in [2.45, 2.75) is 67.4 Å². The molecule has 1 amide bonds. The van der Waals surface area contributed by atoms with E-state index in [1.807, 2.05) is 0 Å². The van der Waals surface area contributed by atoms with Gasteiger partial charge < -0.3 is 62.0 Å². The van der Waals surface area contributed by atoms with Gasteiger partial charge >= 0.3 is 25.7 Å². The van der Waals surface area contributed by atoms with E-state index in [2.05, 4.69) is 10.3 Å². The summed E-state index contributed by atoms with van der Waals surface area (Å²) in [7, 11) is -3.64. The van der Waals surface area contributed by atoms with Crippen LogP contribution >= 0.6 is 8.25 Å². The summed E-state index contributed by atoms with van der Waals surface area (Å²) in [5, 5.41) is 72.8. The van der Waals surface area contributed by atoms with Crippen LogP contribution in [-0.4, -0.2) is 125 Å². The third-order valence-corrected chi connectivity index (χ3v) is 6.89. The monoisotopic (exact) mass is 598 g/mol. The summed E-state index contributed by atoms with van der Waals surface area (Å²) in [5.74, 6) is -6.05. The average Bonchev–Trinajstić information content (AvgIpc) is 3.16. The van der Waals surface area contributed by atoms with Crippen molar-refractivity contribution < 1.29 is 68.4 Å². The highest BCUT2D eigenvalue weighted by atomic mass is 31.1. The molecule has 2 saturated heterocycles. The molecule has 20 nitrogen and oxygen atoms in total. The van der Waals surface area contributed by atoms with Crippen LogP contribution < -0.4 is 22.5 Å². The topological polar surface area (TPSA) is 329 Å². The number of ether oxygens (including phenoxy) is 2. The fraction of sp³-hybridized carbons (Fsp3) is 0.684. The number of carboxylic acids is 1. The number of aliphatic hydroxyl groups excluding tert-OH is 6. The van der Waals surface area contributed by atoms with E-state index in [9.17, 15) is 54.7 Å². The van der Waals surface area contributed by atoms with Crippen molar-refractivity contribution in [3.05, 3.63) is 22.7 Å². The van der Waals surface area contributed by atoms with Gasteiger partial charge in [-0.2, -0.15) is 4.98 Å². The third kappa shape index (κ3) is 6.60. The number of carbonyl (C=O) groups is 2. The van der Waals surface area contributed by atoms with Crippen molar-refractivity contribution in [1.29, 1.82) is 0 Å². The number of carbonyl (C=O) groups excluding carboxylic acids is 1. The maximum Gasteiger partial charge on any atom is 0.703 e. The van der Waals surface area contributed by atoms with Crippen LogP contribution in [0.5, 0.6) is 0 Å². The van der Waals surface area contributed by atoms with Gasteiger partial charge in [0.25, 0.3) is 0 Å². The largest absolute Gasteiger partial charge is 0.703 e. The van der Waals surface area contributed by atoms with Gasteiger partial charge in [0.05, 0.1) is 25.3 Å². The number of nitrogens with one attached hydrogen (secondary N) is 1. The van der Waals surface area contributed by atoms with E-state index in [0.717, 1.165) is 10.8 Å². The standard InChI is InChI=1S/C19H28N5O15P/c20-4-9(28)23-10-6(26)3-19(17(32)33,37-14(10)11(29)7(27)5-25)39-40(35)38-16-13(31)12(30)15(36-16)24-2-1-8(21)22-18(24)34/h1-2,6-7,10-16,25-27,29-31H,3-5,20H2,(H3-,21,22,23,28,32,33,34)/p+1/t6-,7-,10-,11-,12+,13?,14?,15-,16-,19-/m1/s1. The Kier molecular flexibility index (Phi) is 10.2. The Hall–Kier alpha value is -2.72. The predicted molar refractivity (Wildman–Crippen MR) is 125 cm³/mol. The molecular weight excluding hydrogens is 569 g/mol. The van der Waals surface area contributed by atoms with E-state index < -0.39 is 106 Å². The van der Waals surface area contributed by atoms with E-state index in [1.54, 1.807) is 0 Å². The molecule has 1 aromatic heterocycles. The summed E-state index contributed by atoms with van der Waals surface area (Å²) in [5.41, 5.74) is 9.66. The second-order valence-corrected chi connectivity index (χ2v) is 9.63. The van der Waals surface area contributed by atoms with Gasteiger partial charge in [0.15, 0.2) is 6.23 Å². The molecule has 1 aromatic rings. The van der Waals surface area contributed by atoms with Crippen molar-refractivity contribution in [2.24, 2.45) is 5.73 Å². The van der Waals surface area contributed by atoms with Crippen LogP contribution in [0.15, 0.2) is 17.1 Å². The summed E-state index contributed by atoms with van der Waals surface area (Å²) in [4.78, 5) is 39.5. The zero-order chi connectivity index (χ0) is 29.9. The summed E-state index contributed by atoms with van der Waals surface area (Å²) < 4.78 is 33.9. The fourth-order valence-electron chi connectivity index (χ4n) is 4.02. The number of amides is 1. The molecule has 12 N–H and O–H groups in total. The van der Waals surface area contributed by atoms with Crippen LogP contribution in [0.25, 0.3) is 0 Å². The maximum absolute atomic E-state index is 12.7. The molecular formula is C19H29N5O15P+. The second kappa shape index (κ2) is 12.9. The van der Waals surface area contributed by atoms with E-state index in [1.165, 1.54) is 6.07 Å². The molecule has 0 bridgehead atoms. The number of nitrogens with two attached hydrogens (primary N) is 2. The molecule has 0 aromatic carbocycles. The molecule has 0 aliphatic carbocycles. The molecule has 3 heterocycles. The Morgan fingerprint density at radius 1 is 1.30 bits per heavy atom. The highest BCUT2D eigenvalue weighted by Gasteiger charge is 2.61. The van der Waals surface area contributed by atoms with Gasteiger partial charge in [-0.1, -0.05) is 9.05 Å². The number of anilines is 1. The number of hydrogen-bond acceptors (Lipinski definition) is 17. The van der Waals surface area contributed by atoms with E-state index in [0.29, 0.717) is 0 Å². The summed E-state index contributed by atoms with van der Waals surface area (Å²) in [6.45, 7) is -1.62. The first-order valence-corrected chi connectivity index (χ1v) is 12.6. The zero-order valence-corrected chi connectivity index (χ0v) is 21.3. The molecule has 0 radical (unpaired) electrons. The summed E-state index contributed by atoms with van der Waals surface area (Å²) >= 11 is 0. The number of nitrogen functional groups attached to an aromatic ring is 1. The number of aliphatic carboxylic acids is 1. The SMILES string of the molecule is NCC(=O)N[C@H]1C([C@H](O)[C@H](O)CO)O[C@](O[P+](=O)O[C@H]2O[C@@H](n3ccc(N)nc3=O)[C@@H](O)C2O)(C(=O)O)C[C@H]1O. The molecule has 0 saturated carbocycles. The molecule has 2 aliphatic heterocycles. The van der Waals surface area contributed by atoms with Crippen molar-refractivity contribution in [1.82, 2.24) is 14.9 Å². The van der Waals surface area contributed by atoms with Crippen LogP contribution in [0.2, 0.25) is 0 Å². The first kappa shape index (κ1) is 31.8. The van der Waals surface area contributed by atoms with E-state index in [-0.39, 0.29) is 5.82 Å². The average molecular weight is 598 g/mol. The van der Waals surface area contributed by atoms with Crippen LogP contribution in [0.1, 0.15) is 12.6 Å². The normalized spacial score (nSPS) is 34.2. The van der Waals surface area contributed by atoms with Crippen LogP contribution in [-0.2, 0) is 32.7 Å². The number of rotatable bonds is 11. The molecule has 2 aliphatic rings. The Bertz CT molecular complexity index is 1160. The first-order chi connectivity index (χ1) is 18.7. The van der Waals surface area contributed by atoms with E-state index >= 15 is 0 Å². The van der Waals surface area contributed by atoms with Gasteiger partial charge in [-0.05, 0) is 6.07 Å². The lowest BCUT2D eigenvalue weighted by molar-refractivity contribution is -0.286. The Labute approximate surface area is 224 Å². The van der Waals surface area contributed by atoms with Crippen molar-refractivity contribution >= 4 is 25.9 Å². The lowest BCUT2D eigenvalue weighted by atomic mass is 9.88. The molecule has 224 valence electrons. The number of carboxylic acid groups (broad SMARTS) is 1. The summed E-state index contributed by atoms with van der Waals surface area (Å²) in [6.07, 6.45) is -15.2. The zero-order valence-electron chi connectivity index (χ0n) is 20.4. The number of hydrogen-bond donors (Lipinski definition) is 10. The van der Waals surface area contributed by atoms with E-state index in [4.69, 9.17) is 30.0 Å². The highest BCUT2D eigenvalue weighted by Crippen LogP contribution is 2.43. The molecule has 2 fully saturated rings. The van der Waals surface area contributed by atoms with Gasteiger partial charge in [0, 0.05) is 17.2 Å². The Morgan fingerprint density at radius 3 is 2.55 bits per heavy atom. The quantitative estimate of drug-likeness (QED) is 0.106. The molecule has 21 heteroatoms. The van der Waals surface area contributed by atoms with Gasteiger partial charge in [0.1, 0.15) is 36.3 Å². The lowest BCUT2D eigenvalue weighted by Gasteiger charge is -2.44. The van der Waals surface area contributed by atoms with Crippen molar-refractivity contribution in [3.8, 4) is 0 Å². The number of aliphatic hydroxyl groups is 6. The summed E-state index contributed by atoms with van der Waals surface area (Å²) in [6, 6.07) is -0.393. The third-order valence-electron chi connectivity index (χ3n) is 6.06. The lowest BCUT2D eigenvalue weighted by Crippen LogP contribution is -2.68.